The number of benzene rings is 1. The average molecular weight is 270 g/mol. The smallest absolute Gasteiger partial charge is 0.129 e. The van der Waals surface area contributed by atoms with Gasteiger partial charge in [-0.2, -0.15) is 0 Å². The Labute approximate surface area is 112 Å². The topological polar surface area (TPSA) is 47.3 Å². The van der Waals surface area contributed by atoms with Crippen molar-refractivity contribution in [2.75, 3.05) is 13.2 Å². The van der Waals surface area contributed by atoms with Gasteiger partial charge in [-0.15, -0.1) is 0 Å². The van der Waals surface area contributed by atoms with Crippen molar-refractivity contribution >= 4 is 0 Å². The van der Waals surface area contributed by atoms with E-state index in [2.05, 4.69) is 5.43 Å². The van der Waals surface area contributed by atoms with Gasteiger partial charge in [0.1, 0.15) is 11.6 Å². The Balaban J connectivity index is 1.94. The van der Waals surface area contributed by atoms with Crippen molar-refractivity contribution in [3.05, 3.63) is 35.4 Å². The van der Waals surface area contributed by atoms with Crippen LogP contribution in [0.3, 0.4) is 0 Å². The molecule has 1 atom stereocenters. The first-order valence-electron chi connectivity index (χ1n) is 6.67. The zero-order valence-corrected chi connectivity index (χ0v) is 10.9. The molecule has 0 radical (unpaired) electrons. The Morgan fingerprint density at radius 2 is 2.05 bits per heavy atom. The summed E-state index contributed by atoms with van der Waals surface area (Å²) >= 11 is 0. The Hall–Kier alpha value is -1.04. The molecule has 1 heterocycles. The third-order valence-electron chi connectivity index (χ3n) is 3.68. The maximum atomic E-state index is 13.6. The van der Waals surface area contributed by atoms with Crippen molar-refractivity contribution in [3.63, 3.8) is 0 Å². The van der Waals surface area contributed by atoms with Crippen LogP contribution in [0.15, 0.2) is 18.2 Å². The van der Waals surface area contributed by atoms with Crippen LogP contribution in [0.1, 0.15) is 24.8 Å². The summed E-state index contributed by atoms with van der Waals surface area (Å²) in [6.45, 7) is 1.57. The van der Waals surface area contributed by atoms with Crippen LogP contribution in [-0.2, 0) is 11.2 Å². The van der Waals surface area contributed by atoms with E-state index < -0.39 is 11.6 Å². The SMILES string of the molecule is NNC(Cc1ccc(F)cc1F)CC1CCOCC1. The van der Waals surface area contributed by atoms with Crippen LogP contribution in [0.4, 0.5) is 8.78 Å². The molecule has 2 rings (SSSR count). The minimum Gasteiger partial charge on any atom is -0.381 e. The summed E-state index contributed by atoms with van der Waals surface area (Å²) in [6, 6.07) is 3.68. The monoisotopic (exact) mass is 270 g/mol. The molecule has 0 aromatic heterocycles. The summed E-state index contributed by atoms with van der Waals surface area (Å²) in [5.41, 5.74) is 3.24. The summed E-state index contributed by atoms with van der Waals surface area (Å²) in [4.78, 5) is 0. The van der Waals surface area contributed by atoms with Gasteiger partial charge in [0, 0.05) is 25.3 Å². The molecule has 0 saturated carbocycles. The second kappa shape index (κ2) is 6.93. The molecule has 1 saturated heterocycles. The number of hydrogen-bond donors (Lipinski definition) is 2. The van der Waals surface area contributed by atoms with Gasteiger partial charge in [0.15, 0.2) is 0 Å². The molecule has 0 spiro atoms. The van der Waals surface area contributed by atoms with Crippen molar-refractivity contribution in [1.82, 2.24) is 5.43 Å². The quantitative estimate of drug-likeness (QED) is 0.636. The van der Waals surface area contributed by atoms with E-state index in [4.69, 9.17) is 10.6 Å². The molecule has 1 unspecified atom stereocenters. The highest BCUT2D eigenvalue weighted by Crippen LogP contribution is 2.22. The van der Waals surface area contributed by atoms with E-state index >= 15 is 0 Å². The number of nitrogens with one attached hydrogen (secondary N) is 1. The molecule has 1 aliphatic rings. The molecule has 1 aromatic carbocycles. The molecule has 3 nitrogen and oxygen atoms in total. The predicted molar refractivity (Wildman–Crippen MR) is 69.3 cm³/mol. The largest absolute Gasteiger partial charge is 0.381 e. The molecule has 3 N–H and O–H groups in total. The Morgan fingerprint density at radius 1 is 1.32 bits per heavy atom. The second-order valence-corrected chi connectivity index (χ2v) is 5.09. The van der Waals surface area contributed by atoms with E-state index in [0.717, 1.165) is 38.5 Å². The van der Waals surface area contributed by atoms with E-state index in [-0.39, 0.29) is 6.04 Å². The highest BCUT2D eigenvalue weighted by atomic mass is 19.1. The summed E-state index contributed by atoms with van der Waals surface area (Å²) in [5, 5.41) is 0. The number of hydrazine groups is 1. The molecule has 19 heavy (non-hydrogen) atoms. The lowest BCUT2D eigenvalue weighted by Crippen LogP contribution is -2.39. The number of halogens is 2. The highest BCUT2D eigenvalue weighted by molar-refractivity contribution is 5.19. The Morgan fingerprint density at radius 3 is 2.68 bits per heavy atom. The predicted octanol–water partition coefficient (Wildman–Crippen LogP) is 2.16. The maximum Gasteiger partial charge on any atom is 0.129 e. The zero-order valence-electron chi connectivity index (χ0n) is 10.9. The molecule has 0 bridgehead atoms. The first-order chi connectivity index (χ1) is 9.19. The third-order valence-corrected chi connectivity index (χ3v) is 3.68. The van der Waals surface area contributed by atoms with Gasteiger partial charge in [-0.1, -0.05) is 6.07 Å². The van der Waals surface area contributed by atoms with Gasteiger partial charge >= 0.3 is 0 Å². The van der Waals surface area contributed by atoms with Crippen molar-refractivity contribution in [3.8, 4) is 0 Å². The van der Waals surface area contributed by atoms with Gasteiger partial charge < -0.3 is 4.74 Å². The van der Waals surface area contributed by atoms with Crippen molar-refractivity contribution in [1.29, 1.82) is 0 Å². The average Bonchev–Trinajstić information content (AvgIpc) is 2.42. The second-order valence-electron chi connectivity index (χ2n) is 5.09. The zero-order chi connectivity index (χ0) is 13.7. The van der Waals surface area contributed by atoms with Crippen molar-refractivity contribution in [2.45, 2.75) is 31.7 Å². The summed E-state index contributed by atoms with van der Waals surface area (Å²) in [6.07, 6.45) is 3.39. The van der Waals surface area contributed by atoms with Crippen LogP contribution in [0.25, 0.3) is 0 Å². The third kappa shape index (κ3) is 4.23. The fourth-order valence-electron chi connectivity index (χ4n) is 2.55. The molecule has 1 aliphatic heterocycles. The molecular formula is C14H20F2N2O. The van der Waals surface area contributed by atoms with Crippen LogP contribution >= 0.6 is 0 Å². The van der Waals surface area contributed by atoms with Crippen molar-refractivity contribution in [2.24, 2.45) is 11.8 Å². The van der Waals surface area contributed by atoms with Gasteiger partial charge in [0.25, 0.3) is 0 Å². The van der Waals surface area contributed by atoms with E-state index in [1.54, 1.807) is 0 Å². The number of ether oxygens (including phenoxy) is 1. The highest BCUT2D eigenvalue weighted by Gasteiger charge is 2.20. The lowest BCUT2D eigenvalue weighted by molar-refractivity contribution is 0.0605. The van der Waals surface area contributed by atoms with Crippen LogP contribution < -0.4 is 11.3 Å². The number of nitrogens with two attached hydrogens (primary N) is 1. The minimum absolute atomic E-state index is 0.00283. The maximum absolute atomic E-state index is 13.6. The summed E-state index contributed by atoms with van der Waals surface area (Å²) in [7, 11) is 0. The number of hydrogen-bond acceptors (Lipinski definition) is 3. The molecule has 1 aromatic rings. The standard InChI is InChI=1S/C14H20F2N2O/c15-12-2-1-11(14(16)9-12)8-13(18-17)7-10-3-5-19-6-4-10/h1-2,9-10,13,18H,3-8,17H2. The summed E-state index contributed by atoms with van der Waals surface area (Å²) < 4.78 is 31.8. The Bertz CT molecular complexity index is 408. The fraction of sp³-hybridized carbons (Fsp3) is 0.571. The fourth-order valence-corrected chi connectivity index (χ4v) is 2.55. The Kier molecular flexibility index (Phi) is 5.24. The first kappa shape index (κ1) is 14.4. The lowest BCUT2D eigenvalue weighted by Gasteiger charge is -2.26. The normalized spacial score (nSPS) is 18.5. The van der Waals surface area contributed by atoms with Gasteiger partial charge in [-0.25, -0.2) is 8.78 Å². The van der Waals surface area contributed by atoms with E-state index in [0.29, 0.717) is 17.9 Å². The van der Waals surface area contributed by atoms with E-state index in [1.165, 1.54) is 12.1 Å². The lowest BCUT2D eigenvalue weighted by atomic mass is 9.90. The van der Waals surface area contributed by atoms with E-state index in [9.17, 15) is 8.78 Å². The first-order valence-corrected chi connectivity index (χ1v) is 6.67. The van der Waals surface area contributed by atoms with Crippen LogP contribution in [-0.4, -0.2) is 19.3 Å². The summed E-state index contributed by atoms with van der Waals surface area (Å²) in [5.74, 6) is 5.03. The molecule has 0 amide bonds. The van der Waals surface area contributed by atoms with E-state index in [1.807, 2.05) is 0 Å². The van der Waals surface area contributed by atoms with Crippen LogP contribution in [0, 0.1) is 17.6 Å². The molecule has 5 heteroatoms. The van der Waals surface area contributed by atoms with Crippen molar-refractivity contribution < 1.29 is 13.5 Å². The molecule has 1 fully saturated rings. The van der Waals surface area contributed by atoms with Gasteiger partial charge in [-0.3, -0.25) is 11.3 Å². The van der Waals surface area contributed by atoms with Gasteiger partial charge in [-0.05, 0) is 43.2 Å². The van der Waals surface area contributed by atoms with Gasteiger partial charge in [0.2, 0.25) is 0 Å². The molecular weight excluding hydrogens is 250 g/mol. The molecule has 0 aliphatic carbocycles. The van der Waals surface area contributed by atoms with Gasteiger partial charge in [0.05, 0.1) is 0 Å². The minimum atomic E-state index is -0.553. The molecule has 106 valence electrons. The van der Waals surface area contributed by atoms with Crippen LogP contribution in [0.5, 0.6) is 0 Å². The number of rotatable bonds is 5. The van der Waals surface area contributed by atoms with Crippen LogP contribution in [0.2, 0.25) is 0 Å².